The van der Waals surface area contributed by atoms with Crippen LogP contribution in [0.5, 0.6) is 5.88 Å². The van der Waals surface area contributed by atoms with Gasteiger partial charge in [-0.2, -0.15) is 4.98 Å². The van der Waals surface area contributed by atoms with Crippen LogP contribution in [0.25, 0.3) is 11.3 Å². The lowest BCUT2D eigenvalue weighted by Crippen LogP contribution is -2.44. The normalized spacial score (nSPS) is 17.4. The summed E-state index contributed by atoms with van der Waals surface area (Å²) in [5.74, 6) is -0.357. The highest BCUT2D eigenvalue weighted by Gasteiger charge is 2.30. The highest BCUT2D eigenvalue weighted by Crippen LogP contribution is 2.30. The summed E-state index contributed by atoms with van der Waals surface area (Å²) in [5, 5.41) is 7.90. The zero-order valence-corrected chi connectivity index (χ0v) is 23.1. The highest BCUT2D eigenvalue weighted by molar-refractivity contribution is 7.92. The Labute approximate surface area is 228 Å². The number of ether oxygens (including phenoxy) is 1. The summed E-state index contributed by atoms with van der Waals surface area (Å²) in [7, 11) is -4.17. The van der Waals surface area contributed by atoms with Gasteiger partial charge in [0.25, 0.3) is 15.9 Å². The molecule has 204 valence electrons. The number of nitrogens with zero attached hydrogens (tertiary/aromatic N) is 3. The lowest BCUT2D eigenvalue weighted by atomic mass is 10.00. The van der Waals surface area contributed by atoms with Gasteiger partial charge in [-0.15, -0.1) is 0 Å². The van der Waals surface area contributed by atoms with Gasteiger partial charge in [0.1, 0.15) is 6.61 Å². The molecule has 1 aliphatic rings. The molecule has 0 radical (unpaired) electrons. The van der Waals surface area contributed by atoms with Crippen molar-refractivity contribution in [2.24, 2.45) is 11.7 Å². The van der Waals surface area contributed by atoms with Crippen LogP contribution >= 0.6 is 0 Å². The molecule has 0 saturated heterocycles. The maximum atomic E-state index is 13.8. The fourth-order valence-corrected chi connectivity index (χ4v) is 5.66. The Bertz CT molecular complexity index is 1530. The van der Waals surface area contributed by atoms with Gasteiger partial charge in [0, 0.05) is 29.6 Å². The second-order valence-electron chi connectivity index (χ2n) is 9.82. The zero-order valence-electron chi connectivity index (χ0n) is 22.3. The second-order valence-corrected chi connectivity index (χ2v) is 11.5. The van der Waals surface area contributed by atoms with Gasteiger partial charge >= 0.3 is 0 Å². The standard InChI is InChI=1S/C28H32N6O4S/c1-17(2)11-21-16-38-25-13-24(26-18(3)7-5-8-19(26)4)31-28(32-25)33-39(36,37)23-10-6-9-20(12-23)27(35)34(21)22(14-29)15-30/h5-10,12-15,17,21,29H,11,16,30H2,1-4H3,(H,31,32,33)/b22-15+,29-14?/t21-/m1/s1. The number of anilines is 1. The summed E-state index contributed by atoms with van der Waals surface area (Å²) >= 11 is 0. The van der Waals surface area contributed by atoms with Gasteiger partial charge in [-0.3, -0.25) is 9.69 Å². The number of benzene rings is 2. The van der Waals surface area contributed by atoms with E-state index in [0.717, 1.165) is 22.9 Å². The van der Waals surface area contributed by atoms with Crippen LogP contribution in [0.1, 0.15) is 41.8 Å². The molecule has 10 nitrogen and oxygen atoms in total. The lowest BCUT2D eigenvalue weighted by Gasteiger charge is -2.33. The molecule has 2 aromatic carbocycles. The molecule has 4 bridgehead atoms. The van der Waals surface area contributed by atoms with Crippen molar-refractivity contribution in [3.63, 3.8) is 0 Å². The number of amides is 1. The maximum absolute atomic E-state index is 13.8. The summed E-state index contributed by atoms with van der Waals surface area (Å²) in [6, 6.07) is 12.6. The first-order chi connectivity index (χ1) is 18.5. The summed E-state index contributed by atoms with van der Waals surface area (Å²) in [5.41, 5.74) is 9.35. The van der Waals surface area contributed by atoms with Gasteiger partial charge in [-0.25, -0.2) is 18.1 Å². The molecular weight excluding hydrogens is 516 g/mol. The lowest BCUT2D eigenvalue weighted by molar-refractivity contribution is 0.0680. The number of carbonyl (C=O) groups is 1. The highest BCUT2D eigenvalue weighted by atomic mass is 32.2. The van der Waals surface area contributed by atoms with Crippen molar-refractivity contribution in [3.05, 3.63) is 77.1 Å². The summed E-state index contributed by atoms with van der Waals surface area (Å²) in [6.45, 7) is 7.94. The largest absolute Gasteiger partial charge is 0.475 e. The van der Waals surface area contributed by atoms with Crippen molar-refractivity contribution in [2.45, 2.75) is 45.1 Å². The SMILES string of the molecule is Cc1cccc(C)c1-c1cc2nc(n1)NS(=O)(=O)c1cccc(c1)C(=O)N(/C(C=N)=C/N)[C@H](CC(C)C)CO2. The number of fused-ring (bicyclic) bond motifs is 4. The molecule has 0 fully saturated rings. The second kappa shape index (κ2) is 11.2. The van der Waals surface area contributed by atoms with Crippen LogP contribution in [-0.4, -0.2) is 48.1 Å². The van der Waals surface area contributed by atoms with Crippen LogP contribution in [-0.2, 0) is 10.0 Å². The van der Waals surface area contributed by atoms with Crippen LogP contribution in [0.4, 0.5) is 5.95 Å². The number of aryl methyl sites for hydroxylation is 2. The van der Waals surface area contributed by atoms with E-state index in [9.17, 15) is 13.2 Å². The number of carbonyl (C=O) groups excluding carboxylic acids is 1. The van der Waals surface area contributed by atoms with E-state index in [-0.39, 0.29) is 40.5 Å². The number of allylic oxidation sites excluding steroid dienone is 1. The Morgan fingerprint density at radius 3 is 2.51 bits per heavy atom. The topological polar surface area (TPSA) is 151 Å². The van der Waals surface area contributed by atoms with E-state index in [4.69, 9.17) is 15.9 Å². The van der Waals surface area contributed by atoms with Crippen LogP contribution in [0.3, 0.4) is 0 Å². The van der Waals surface area contributed by atoms with Crippen molar-refractivity contribution in [1.29, 1.82) is 5.41 Å². The molecule has 4 N–H and O–H groups in total. The van der Waals surface area contributed by atoms with E-state index in [1.165, 1.54) is 35.4 Å². The third-order valence-electron chi connectivity index (χ3n) is 6.40. The van der Waals surface area contributed by atoms with Gasteiger partial charge in [-0.1, -0.05) is 38.1 Å². The van der Waals surface area contributed by atoms with Crippen molar-refractivity contribution < 1.29 is 17.9 Å². The van der Waals surface area contributed by atoms with Gasteiger partial charge in [0.05, 0.1) is 22.3 Å². The van der Waals surface area contributed by atoms with Crippen molar-refractivity contribution in [2.75, 3.05) is 11.3 Å². The average Bonchev–Trinajstić information content (AvgIpc) is 2.88. The first-order valence-corrected chi connectivity index (χ1v) is 14.0. The van der Waals surface area contributed by atoms with Crippen LogP contribution in [0.2, 0.25) is 0 Å². The summed E-state index contributed by atoms with van der Waals surface area (Å²) < 4.78 is 35.3. The molecule has 1 aliphatic heterocycles. The van der Waals surface area contributed by atoms with E-state index in [1.807, 2.05) is 45.9 Å². The van der Waals surface area contributed by atoms with Gasteiger partial charge in [0.15, 0.2) is 0 Å². The molecule has 2 heterocycles. The molecule has 0 aliphatic carbocycles. The number of nitrogens with one attached hydrogen (secondary N) is 2. The summed E-state index contributed by atoms with van der Waals surface area (Å²) in [4.78, 5) is 23.9. The average molecular weight is 549 g/mol. The smallest absolute Gasteiger partial charge is 0.264 e. The van der Waals surface area contributed by atoms with E-state index < -0.39 is 22.0 Å². The Morgan fingerprint density at radius 1 is 1.18 bits per heavy atom. The molecule has 39 heavy (non-hydrogen) atoms. The van der Waals surface area contributed by atoms with Crippen LogP contribution in [0, 0.1) is 25.2 Å². The number of hydrogen-bond donors (Lipinski definition) is 3. The van der Waals surface area contributed by atoms with Crippen molar-refractivity contribution in [3.8, 4) is 17.1 Å². The number of aromatic nitrogens is 2. The van der Waals surface area contributed by atoms with Crippen molar-refractivity contribution in [1.82, 2.24) is 14.9 Å². The Kier molecular flexibility index (Phi) is 8.01. The molecule has 1 atom stereocenters. The first kappa shape index (κ1) is 27.8. The van der Waals surface area contributed by atoms with E-state index in [2.05, 4.69) is 14.7 Å². The molecule has 0 unspecified atom stereocenters. The van der Waals surface area contributed by atoms with Crippen molar-refractivity contribution >= 4 is 28.1 Å². The minimum Gasteiger partial charge on any atom is -0.475 e. The van der Waals surface area contributed by atoms with Gasteiger partial charge < -0.3 is 15.9 Å². The Morgan fingerprint density at radius 2 is 1.87 bits per heavy atom. The van der Waals surface area contributed by atoms with Gasteiger partial charge in [0.2, 0.25) is 11.8 Å². The first-order valence-electron chi connectivity index (χ1n) is 12.5. The fourth-order valence-electron chi connectivity index (χ4n) is 4.67. The van der Waals surface area contributed by atoms with Gasteiger partial charge in [-0.05, 0) is 55.5 Å². The van der Waals surface area contributed by atoms with E-state index in [0.29, 0.717) is 12.1 Å². The predicted molar refractivity (Wildman–Crippen MR) is 150 cm³/mol. The zero-order chi connectivity index (χ0) is 28.3. The molecule has 1 amide bonds. The van der Waals surface area contributed by atoms with Crippen LogP contribution < -0.4 is 15.2 Å². The minimum absolute atomic E-state index is 0.0180. The minimum atomic E-state index is -4.17. The third-order valence-corrected chi connectivity index (χ3v) is 7.73. The molecular formula is C28H32N6O4S. The molecule has 11 heteroatoms. The predicted octanol–water partition coefficient (Wildman–Crippen LogP) is 4.26. The molecule has 0 saturated carbocycles. The molecule has 3 aromatic rings. The Hall–Kier alpha value is -4.25. The maximum Gasteiger partial charge on any atom is 0.264 e. The molecule has 0 spiro atoms. The monoisotopic (exact) mass is 548 g/mol. The third kappa shape index (κ3) is 5.93. The Balaban J connectivity index is 1.95. The summed E-state index contributed by atoms with van der Waals surface area (Å²) in [6.07, 6.45) is 2.70. The number of rotatable bonds is 5. The van der Waals surface area contributed by atoms with E-state index >= 15 is 0 Å². The number of sulfonamides is 1. The van der Waals surface area contributed by atoms with Crippen LogP contribution in [0.15, 0.2) is 65.3 Å². The number of nitrogens with two attached hydrogens (primary N) is 1. The van der Waals surface area contributed by atoms with E-state index in [1.54, 1.807) is 6.07 Å². The number of hydrogen-bond acceptors (Lipinski definition) is 8. The fraction of sp³-hybridized carbons (Fsp3) is 0.286. The molecule has 1 aromatic heterocycles. The quantitative estimate of drug-likeness (QED) is 0.403. The molecule has 4 rings (SSSR count).